The van der Waals surface area contributed by atoms with Crippen LogP contribution in [0.2, 0.25) is 0 Å². The maximum absolute atomic E-state index is 11.5. The van der Waals surface area contributed by atoms with Crippen molar-refractivity contribution < 1.29 is 4.79 Å². The molecule has 0 amide bonds. The van der Waals surface area contributed by atoms with Gasteiger partial charge in [0.2, 0.25) is 0 Å². The summed E-state index contributed by atoms with van der Waals surface area (Å²) >= 11 is 1.55. The SMILES string of the molecule is CC(=O)c1cccc(Nc2ncnc3c2sc2ncccc23)c1. The average Bonchev–Trinajstić information content (AvgIpc) is 2.95. The number of carbonyl (C=O) groups excluding carboxylic acids is 1. The van der Waals surface area contributed by atoms with E-state index in [-0.39, 0.29) is 5.78 Å². The van der Waals surface area contributed by atoms with Crippen molar-refractivity contribution in [3.05, 3.63) is 54.5 Å². The molecule has 0 fully saturated rings. The molecule has 0 aliphatic rings. The van der Waals surface area contributed by atoms with Gasteiger partial charge in [-0.1, -0.05) is 12.1 Å². The minimum Gasteiger partial charge on any atom is -0.339 e. The standard InChI is InChI=1S/C17H12N4OS/c1-10(22)11-4-2-5-12(8-11)21-16-15-14(19-9-20-16)13-6-3-7-18-17(13)23-15/h2-9H,1H3,(H,19,20,21). The van der Waals surface area contributed by atoms with Crippen LogP contribution in [-0.2, 0) is 0 Å². The van der Waals surface area contributed by atoms with Crippen molar-refractivity contribution in [3.8, 4) is 0 Å². The largest absolute Gasteiger partial charge is 0.339 e. The molecule has 1 N–H and O–H groups in total. The number of carbonyl (C=O) groups is 1. The van der Waals surface area contributed by atoms with Crippen LogP contribution >= 0.6 is 11.3 Å². The Morgan fingerprint density at radius 2 is 2.04 bits per heavy atom. The van der Waals surface area contributed by atoms with Gasteiger partial charge >= 0.3 is 0 Å². The molecule has 112 valence electrons. The van der Waals surface area contributed by atoms with E-state index in [0.29, 0.717) is 5.56 Å². The number of fused-ring (bicyclic) bond motifs is 3. The first-order chi connectivity index (χ1) is 11.2. The molecule has 5 nitrogen and oxygen atoms in total. The van der Waals surface area contributed by atoms with Crippen molar-refractivity contribution in [3.63, 3.8) is 0 Å². The van der Waals surface area contributed by atoms with Crippen LogP contribution in [0.15, 0.2) is 48.9 Å². The number of pyridine rings is 1. The summed E-state index contributed by atoms with van der Waals surface area (Å²) in [6, 6.07) is 11.3. The van der Waals surface area contributed by atoms with E-state index in [1.54, 1.807) is 36.9 Å². The highest BCUT2D eigenvalue weighted by molar-refractivity contribution is 7.25. The van der Waals surface area contributed by atoms with Crippen LogP contribution in [0.4, 0.5) is 11.5 Å². The van der Waals surface area contributed by atoms with Gasteiger partial charge in [-0.15, -0.1) is 11.3 Å². The number of benzene rings is 1. The highest BCUT2D eigenvalue weighted by atomic mass is 32.1. The number of nitrogens with one attached hydrogen (secondary N) is 1. The number of hydrogen-bond donors (Lipinski definition) is 1. The van der Waals surface area contributed by atoms with E-state index in [1.165, 1.54) is 0 Å². The summed E-state index contributed by atoms with van der Waals surface area (Å²) in [5.74, 6) is 0.756. The van der Waals surface area contributed by atoms with E-state index in [9.17, 15) is 4.79 Å². The van der Waals surface area contributed by atoms with Gasteiger partial charge in [0.1, 0.15) is 11.2 Å². The summed E-state index contributed by atoms with van der Waals surface area (Å²) in [5, 5.41) is 4.31. The summed E-state index contributed by atoms with van der Waals surface area (Å²) in [6.45, 7) is 1.56. The number of aromatic nitrogens is 3. The first-order valence-electron chi connectivity index (χ1n) is 7.08. The number of anilines is 2. The molecule has 0 atom stereocenters. The van der Waals surface area contributed by atoms with Gasteiger partial charge in [0.05, 0.1) is 10.2 Å². The average molecular weight is 320 g/mol. The lowest BCUT2D eigenvalue weighted by atomic mass is 10.1. The minimum atomic E-state index is 0.0348. The Balaban J connectivity index is 1.83. The zero-order valence-electron chi connectivity index (χ0n) is 12.3. The topological polar surface area (TPSA) is 67.8 Å². The fraction of sp³-hybridized carbons (Fsp3) is 0.0588. The van der Waals surface area contributed by atoms with E-state index in [0.717, 1.165) is 31.9 Å². The van der Waals surface area contributed by atoms with E-state index in [1.807, 2.05) is 30.3 Å². The van der Waals surface area contributed by atoms with E-state index in [2.05, 4.69) is 20.3 Å². The summed E-state index contributed by atoms with van der Waals surface area (Å²) in [7, 11) is 0. The van der Waals surface area contributed by atoms with Gasteiger partial charge in [-0.3, -0.25) is 4.79 Å². The van der Waals surface area contributed by atoms with Gasteiger partial charge < -0.3 is 5.32 Å². The van der Waals surface area contributed by atoms with E-state index >= 15 is 0 Å². The third kappa shape index (κ3) is 2.43. The van der Waals surface area contributed by atoms with Crippen LogP contribution in [0.3, 0.4) is 0 Å². The molecule has 23 heavy (non-hydrogen) atoms. The molecule has 0 bridgehead atoms. The Bertz CT molecular complexity index is 1040. The molecular formula is C17H12N4OS. The summed E-state index contributed by atoms with van der Waals surface area (Å²) in [5.41, 5.74) is 2.37. The van der Waals surface area contributed by atoms with Crippen LogP contribution in [0.25, 0.3) is 20.4 Å². The fourth-order valence-electron chi connectivity index (χ4n) is 2.45. The van der Waals surface area contributed by atoms with Gasteiger partial charge in [-0.25, -0.2) is 15.0 Å². The van der Waals surface area contributed by atoms with Crippen molar-refractivity contribution in [1.29, 1.82) is 0 Å². The van der Waals surface area contributed by atoms with Gasteiger partial charge in [-0.05, 0) is 31.2 Å². The number of rotatable bonds is 3. The quantitative estimate of drug-likeness (QED) is 0.573. The van der Waals surface area contributed by atoms with E-state index < -0.39 is 0 Å². The number of Topliss-reactive ketones (excluding diaryl/α,β-unsaturated/α-hetero) is 1. The van der Waals surface area contributed by atoms with Crippen molar-refractivity contribution in [2.75, 3.05) is 5.32 Å². The molecule has 6 heteroatoms. The van der Waals surface area contributed by atoms with Crippen LogP contribution in [-0.4, -0.2) is 20.7 Å². The van der Waals surface area contributed by atoms with Crippen molar-refractivity contribution in [2.45, 2.75) is 6.92 Å². The molecular weight excluding hydrogens is 308 g/mol. The Kier molecular flexibility index (Phi) is 3.24. The maximum Gasteiger partial charge on any atom is 0.159 e. The normalized spacial score (nSPS) is 11.0. The third-order valence-corrected chi connectivity index (χ3v) is 4.67. The molecule has 0 spiro atoms. The minimum absolute atomic E-state index is 0.0348. The molecule has 3 heterocycles. The van der Waals surface area contributed by atoms with Gasteiger partial charge in [0.25, 0.3) is 0 Å². The summed E-state index contributed by atoms with van der Waals surface area (Å²) in [4.78, 5) is 25.6. The Morgan fingerprint density at radius 3 is 2.91 bits per heavy atom. The lowest BCUT2D eigenvalue weighted by molar-refractivity contribution is 0.101. The molecule has 1 aromatic carbocycles. The first-order valence-corrected chi connectivity index (χ1v) is 7.90. The second-order valence-electron chi connectivity index (χ2n) is 5.12. The van der Waals surface area contributed by atoms with Crippen LogP contribution in [0.1, 0.15) is 17.3 Å². The second-order valence-corrected chi connectivity index (χ2v) is 6.12. The first kappa shape index (κ1) is 13.8. The highest BCUT2D eigenvalue weighted by Crippen LogP contribution is 2.35. The van der Waals surface area contributed by atoms with Gasteiger partial charge in [0.15, 0.2) is 11.6 Å². The second kappa shape index (κ2) is 5.40. The zero-order valence-corrected chi connectivity index (χ0v) is 13.1. The lowest BCUT2D eigenvalue weighted by Crippen LogP contribution is -1.97. The van der Waals surface area contributed by atoms with Crippen LogP contribution in [0, 0.1) is 0 Å². The summed E-state index contributed by atoms with van der Waals surface area (Å²) < 4.78 is 0.953. The molecule has 3 aromatic heterocycles. The molecule has 0 saturated carbocycles. The Labute approximate surface area is 136 Å². The maximum atomic E-state index is 11.5. The number of thiophene rings is 1. The number of hydrogen-bond acceptors (Lipinski definition) is 6. The Hall–Kier alpha value is -2.86. The predicted octanol–water partition coefficient (Wildman–Crippen LogP) is 4.19. The third-order valence-electron chi connectivity index (χ3n) is 3.56. The molecule has 0 aliphatic heterocycles. The lowest BCUT2D eigenvalue weighted by Gasteiger charge is -2.07. The van der Waals surface area contributed by atoms with Gasteiger partial charge in [-0.2, -0.15) is 0 Å². The molecule has 4 aromatic rings. The van der Waals surface area contributed by atoms with Crippen molar-refractivity contribution in [2.24, 2.45) is 0 Å². The number of nitrogens with zero attached hydrogens (tertiary/aromatic N) is 3. The molecule has 4 rings (SSSR count). The fourth-order valence-corrected chi connectivity index (χ4v) is 3.49. The van der Waals surface area contributed by atoms with Gasteiger partial charge in [0, 0.05) is 22.8 Å². The zero-order chi connectivity index (χ0) is 15.8. The molecule has 0 radical (unpaired) electrons. The molecule has 0 saturated heterocycles. The Morgan fingerprint density at radius 1 is 1.13 bits per heavy atom. The smallest absolute Gasteiger partial charge is 0.159 e. The highest BCUT2D eigenvalue weighted by Gasteiger charge is 2.12. The van der Waals surface area contributed by atoms with Crippen LogP contribution < -0.4 is 5.32 Å². The summed E-state index contributed by atoms with van der Waals surface area (Å²) in [6.07, 6.45) is 3.31. The molecule has 0 unspecified atom stereocenters. The monoisotopic (exact) mass is 320 g/mol. The van der Waals surface area contributed by atoms with Crippen molar-refractivity contribution >= 4 is 49.1 Å². The van der Waals surface area contributed by atoms with Crippen LogP contribution in [0.5, 0.6) is 0 Å². The molecule has 0 aliphatic carbocycles. The number of ketones is 1. The van der Waals surface area contributed by atoms with E-state index in [4.69, 9.17) is 0 Å². The predicted molar refractivity (Wildman–Crippen MR) is 92.4 cm³/mol. The van der Waals surface area contributed by atoms with Crippen molar-refractivity contribution in [1.82, 2.24) is 15.0 Å².